The van der Waals surface area contributed by atoms with Crippen LogP contribution in [0, 0.1) is 50.7 Å². The summed E-state index contributed by atoms with van der Waals surface area (Å²) < 4.78 is 17.1. The highest BCUT2D eigenvalue weighted by Gasteiger charge is 2.74. The van der Waals surface area contributed by atoms with Crippen LogP contribution in [0.4, 0.5) is 0 Å². The van der Waals surface area contributed by atoms with Gasteiger partial charge in [-0.15, -0.1) is 0 Å². The van der Waals surface area contributed by atoms with Gasteiger partial charge >= 0.3 is 17.9 Å². The molecule has 288 valence electrons. The molecule has 0 radical (unpaired) electrons. The summed E-state index contributed by atoms with van der Waals surface area (Å²) in [4.78, 5) is 39.7. The van der Waals surface area contributed by atoms with Gasteiger partial charge < -0.3 is 50.0 Å². The van der Waals surface area contributed by atoms with Gasteiger partial charge in [0.05, 0.1) is 23.0 Å². The minimum absolute atomic E-state index is 0.0822. The Morgan fingerprint density at radius 1 is 0.902 bits per heavy atom. The molecule has 4 saturated carbocycles. The molecule has 17 atom stereocenters. The number of esters is 2. The van der Waals surface area contributed by atoms with Crippen molar-refractivity contribution in [2.24, 2.45) is 50.7 Å². The van der Waals surface area contributed by atoms with Crippen molar-refractivity contribution in [1.82, 2.24) is 0 Å². The Hall–Kier alpha value is -2.13. The molecule has 1 saturated heterocycles. The van der Waals surface area contributed by atoms with Crippen molar-refractivity contribution in [3.05, 3.63) is 11.6 Å². The number of carbonyl (C=O) groups excluding carboxylic acids is 2. The smallest absolute Gasteiger partial charge is 0.315 e. The van der Waals surface area contributed by atoms with Crippen LogP contribution in [0.5, 0.6) is 0 Å². The number of carboxylic acids is 1. The normalized spacial score (nSPS) is 53.7. The van der Waals surface area contributed by atoms with Crippen LogP contribution in [0.25, 0.3) is 0 Å². The molecule has 5 fully saturated rings. The molecule has 13 nitrogen and oxygen atoms in total. The van der Waals surface area contributed by atoms with Crippen molar-refractivity contribution in [1.29, 1.82) is 0 Å². The maximum absolute atomic E-state index is 14.5. The van der Waals surface area contributed by atoms with Crippen molar-refractivity contribution in [2.75, 3.05) is 6.61 Å². The van der Waals surface area contributed by atoms with Crippen molar-refractivity contribution in [2.45, 2.75) is 148 Å². The first-order valence-electron chi connectivity index (χ1n) is 18.6. The second kappa shape index (κ2) is 12.5. The van der Waals surface area contributed by atoms with Crippen molar-refractivity contribution in [3.63, 3.8) is 0 Å². The molecule has 0 amide bonds. The molecule has 4 unspecified atom stereocenters. The van der Waals surface area contributed by atoms with E-state index >= 15 is 0 Å². The molecule has 0 bridgehead atoms. The molecule has 0 aromatic carbocycles. The molecule has 6 rings (SSSR count). The lowest BCUT2D eigenvalue weighted by atomic mass is 9.33. The van der Waals surface area contributed by atoms with Gasteiger partial charge in [0.2, 0.25) is 6.29 Å². The summed E-state index contributed by atoms with van der Waals surface area (Å²) in [7, 11) is 0. The van der Waals surface area contributed by atoms with Crippen LogP contribution in [-0.4, -0.2) is 109 Å². The Balaban J connectivity index is 1.41. The van der Waals surface area contributed by atoms with Crippen LogP contribution < -0.4 is 0 Å². The van der Waals surface area contributed by atoms with Crippen LogP contribution in [0.1, 0.15) is 99.8 Å². The van der Waals surface area contributed by atoms with E-state index in [0.717, 1.165) is 5.57 Å². The third-order valence-corrected chi connectivity index (χ3v) is 15.9. The molecule has 7 N–H and O–H groups in total. The number of carboxylic acid groups (broad SMARTS) is 1. The number of aliphatic hydroxyl groups is 6. The van der Waals surface area contributed by atoms with Crippen LogP contribution in [0.3, 0.4) is 0 Å². The average molecular weight is 723 g/mol. The molecular weight excluding hydrogens is 664 g/mol. The zero-order chi connectivity index (χ0) is 37.9. The summed E-state index contributed by atoms with van der Waals surface area (Å²) in [5.41, 5.74) is -4.79. The number of carbonyl (C=O) groups is 3. The number of ether oxygens (including phenoxy) is 3. The number of hydrogen-bond acceptors (Lipinski definition) is 12. The van der Waals surface area contributed by atoms with E-state index < -0.39 is 112 Å². The summed E-state index contributed by atoms with van der Waals surface area (Å²) in [5, 5.41) is 75.6. The van der Waals surface area contributed by atoms with Gasteiger partial charge in [0, 0.05) is 12.8 Å². The van der Waals surface area contributed by atoms with E-state index in [0.29, 0.717) is 51.4 Å². The fraction of sp³-hybridized carbons (Fsp3) is 0.868. The van der Waals surface area contributed by atoms with Crippen LogP contribution in [0.2, 0.25) is 0 Å². The van der Waals surface area contributed by atoms with Crippen LogP contribution in [-0.2, 0) is 28.6 Å². The Bertz CT molecular complexity index is 1460. The summed E-state index contributed by atoms with van der Waals surface area (Å²) in [6.07, 6.45) is -4.43. The lowest BCUT2D eigenvalue weighted by molar-refractivity contribution is -0.299. The van der Waals surface area contributed by atoms with Crippen molar-refractivity contribution < 1.29 is 64.3 Å². The minimum Gasteiger partial charge on any atom is -0.481 e. The highest BCUT2D eigenvalue weighted by molar-refractivity contribution is 5.79. The van der Waals surface area contributed by atoms with Gasteiger partial charge in [-0.2, -0.15) is 0 Å². The maximum Gasteiger partial charge on any atom is 0.315 e. The van der Waals surface area contributed by atoms with Gasteiger partial charge in [0.15, 0.2) is 0 Å². The fourth-order valence-corrected chi connectivity index (χ4v) is 12.6. The first-order valence-corrected chi connectivity index (χ1v) is 18.6. The first kappa shape index (κ1) is 38.6. The molecule has 6 aliphatic rings. The maximum atomic E-state index is 14.5. The zero-order valence-electron chi connectivity index (χ0n) is 30.9. The molecule has 1 heterocycles. The monoisotopic (exact) mass is 722 g/mol. The molecule has 13 heteroatoms. The largest absolute Gasteiger partial charge is 0.481 e. The SMILES string of the molecule is CC(=O)OC1C[C@@]2(C)C(CC[C@]3(C)C2CC=C2C4[C@](C(=O)O[C@@H]5O[C@H](CO)[C@@H](O)[C@H](O)[C@H]5O)(CC[C@@H](C)[C@@]4(C)O)CC[C@]23C)[C@](C)(C(=O)O)[C@H]1O. The number of rotatable bonds is 5. The van der Waals surface area contributed by atoms with Gasteiger partial charge in [-0.3, -0.25) is 14.4 Å². The molecule has 51 heavy (non-hydrogen) atoms. The quantitative estimate of drug-likeness (QED) is 0.160. The Labute approximate surface area is 299 Å². The fourth-order valence-electron chi connectivity index (χ4n) is 12.6. The Kier molecular flexibility index (Phi) is 9.43. The zero-order valence-corrected chi connectivity index (χ0v) is 30.9. The van der Waals surface area contributed by atoms with Gasteiger partial charge in [-0.1, -0.05) is 39.3 Å². The van der Waals surface area contributed by atoms with Gasteiger partial charge in [-0.05, 0) is 99.2 Å². The molecular formula is C38H58O13. The molecule has 0 aromatic rings. The Morgan fingerprint density at radius 2 is 1.57 bits per heavy atom. The summed E-state index contributed by atoms with van der Waals surface area (Å²) in [5.74, 6) is -3.75. The van der Waals surface area contributed by atoms with E-state index in [2.05, 4.69) is 26.8 Å². The van der Waals surface area contributed by atoms with E-state index in [4.69, 9.17) is 14.2 Å². The summed E-state index contributed by atoms with van der Waals surface area (Å²) in [6.45, 7) is 12.4. The number of hydrogen-bond donors (Lipinski definition) is 7. The average Bonchev–Trinajstić information content (AvgIpc) is 3.05. The number of aliphatic hydroxyl groups excluding tert-OH is 5. The first-order chi connectivity index (χ1) is 23.6. The molecule has 0 spiro atoms. The lowest BCUT2D eigenvalue weighted by Gasteiger charge is -2.71. The minimum atomic E-state index is -1.76. The number of aliphatic carboxylic acids is 1. The van der Waals surface area contributed by atoms with Crippen LogP contribution >= 0.6 is 0 Å². The van der Waals surface area contributed by atoms with E-state index in [1.807, 2.05) is 6.92 Å². The van der Waals surface area contributed by atoms with Gasteiger partial charge in [0.1, 0.15) is 36.6 Å². The van der Waals surface area contributed by atoms with E-state index in [9.17, 15) is 50.1 Å². The second-order valence-corrected chi connectivity index (χ2v) is 18.0. The predicted molar refractivity (Wildman–Crippen MR) is 179 cm³/mol. The Morgan fingerprint density at radius 3 is 2.18 bits per heavy atom. The highest BCUT2D eigenvalue weighted by Crippen LogP contribution is 2.76. The molecule has 5 aliphatic carbocycles. The van der Waals surface area contributed by atoms with Crippen LogP contribution in [0.15, 0.2) is 11.6 Å². The summed E-state index contributed by atoms with van der Waals surface area (Å²) in [6, 6.07) is 0. The lowest BCUT2D eigenvalue weighted by Crippen LogP contribution is -2.70. The summed E-state index contributed by atoms with van der Waals surface area (Å²) >= 11 is 0. The second-order valence-electron chi connectivity index (χ2n) is 18.0. The molecule has 0 aromatic heterocycles. The number of fused-ring (bicyclic) bond motifs is 7. The van der Waals surface area contributed by atoms with E-state index in [1.54, 1.807) is 13.8 Å². The van der Waals surface area contributed by atoms with Gasteiger partial charge in [0.25, 0.3) is 0 Å². The van der Waals surface area contributed by atoms with Crippen molar-refractivity contribution >= 4 is 17.9 Å². The van der Waals surface area contributed by atoms with Crippen molar-refractivity contribution in [3.8, 4) is 0 Å². The highest BCUT2D eigenvalue weighted by atomic mass is 16.7. The topological polar surface area (TPSA) is 221 Å². The van der Waals surface area contributed by atoms with E-state index in [1.165, 1.54) is 6.92 Å². The third-order valence-electron chi connectivity index (χ3n) is 15.9. The third kappa shape index (κ3) is 5.15. The van der Waals surface area contributed by atoms with E-state index in [-0.39, 0.29) is 11.8 Å². The number of allylic oxidation sites excluding steroid dienone is 1. The van der Waals surface area contributed by atoms with Gasteiger partial charge in [-0.25, -0.2) is 0 Å². The predicted octanol–water partition coefficient (Wildman–Crippen LogP) is 2.07. The standard InChI is InChI=1S/C38H58O13/c1-18-10-13-38(32(47)51-30-27(43)26(42)25(41)22(17-39)50-30)15-14-34(4)20(28(38)37(18,7)48)8-9-23-33(3)16-21(49-19(2)40)29(44)36(6,31(45)46)24(33)11-12-35(23,34)5/h8,18,21-30,39,41-44,48H,9-17H2,1-7H3,(H,45,46)/t18-,21?,22-,23?,24?,25-,26+,27-,28?,29+,30+,33-,34-,35-,36+,37-,38+/m1/s1. The molecule has 1 aliphatic heterocycles.